The van der Waals surface area contributed by atoms with Gasteiger partial charge in [-0.05, 0) is 53.1 Å². The number of ether oxygens (including phenoxy) is 1. The van der Waals surface area contributed by atoms with E-state index in [-0.39, 0.29) is 5.97 Å². The normalized spacial score (nSPS) is 20.4. The van der Waals surface area contributed by atoms with E-state index in [0.29, 0.717) is 11.0 Å². The fourth-order valence-electron chi connectivity index (χ4n) is 2.89. The number of esters is 1. The number of hydrogen-bond donors (Lipinski definition) is 0. The molecule has 1 aliphatic heterocycles. The van der Waals surface area contributed by atoms with Crippen LogP contribution in [0.1, 0.15) is 36.0 Å². The second kappa shape index (κ2) is 4.78. The van der Waals surface area contributed by atoms with E-state index in [1.54, 1.807) is 12.3 Å². The summed E-state index contributed by atoms with van der Waals surface area (Å²) >= 11 is 3.46. The number of pyridine rings is 1. The zero-order valence-electron chi connectivity index (χ0n) is 11.0. The number of piperidine rings is 1. The zero-order valence-corrected chi connectivity index (χ0v) is 12.6. The number of aromatic nitrogens is 1. The maximum absolute atomic E-state index is 11.9. The van der Waals surface area contributed by atoms with Gasteiger partial charge in [-0.3, -0.25) is 0 Å². The van der Waals surface area contributed by atoms with Gasteiger partial charge in [0.15, 0.2) is 0 Å². The number of carbonyl (C=O) groups is 1. The molecule has 0 bridgehead atoms. The molecule has 0 atom stereocenters. The molecular weight excluding hydrogens is 308 g/mol. The van der Waals surface area contributed by atoms with Crippen molar-refractivity contribution in [1.82, 2.24) is 4.98 Å². The molecule has 1 aromatic heterocycles. The lowest BCUT2D eigenvalue weighted by molar-refractivity contribution is 0.0601. The molecule has 0 radical (unpaired) electrons. The van der Waals surface area contributed by atoms with Crippen LogP contribution >= 0.6 is 15.9 Å². The van der Waals surface area contributed by atoms with Crippen LogP contribution in [0, 0.1) is 5.41 Å². The van der Waals surface area contributed by atoms with Crippen molar-refractivity contribution in [2.24, 2.45) is 5.41 Å². The van der Waals surface area contributed by atoms with Crippen molar-refractivity contribution in [2.45, 2.75) is 25.7 Å². The first kappa shape index (κ1) is 12.9. The largest absolute Gasteiger partial charge is 0.465 e. The predicted molar refractivity (Wildman–Crippen MR) is 76.4 cm³/mol. The van der Waals surface area contributed by atoms with Crippen LogP contribution in [-0.4, -0.2) is 31.2 Å². The first-order chi connectivity index (χ1) is 9.15. The first-order valence-corrected chi connectivity index (χ1v) is 7.42. The summed E-state index contributed by atoms with van der Waals surface area (Å²) in [5, 5.41) is 0. The average molecular weight is 325 g/mol. The Labute approximate surface area is 121 Å². The first-order valence-electron chi connectivity index (χ1n) is 6.63. The third-order valence-corrected chi connectivity index (χ3v) is 4.96. The Kier molecular flexibility index (Phi) is 3.25. The number of nitrogens with zero attached hydrogens (tertiary/aromatic N) is 2. The highest BCUT2D eigenvalue weighted by Crippen LogP contribution is 2.54. The minimum atomic E-state index is -0.301. The number of methoxy groups -OCH3 is 1. The molecule has 1 aromatic rings. The summed E-state index contributed by atoms with van der Waals surface area (Å²) < 4.78 is 5.59. The molecule has 0 unspecified atom stereocenters. The minimum absolute atomic E-state index is 0.301. The zero-order chi connectivity index (χ0) is 13.5. The molecule has 1 spiro atoms. The van der Waals surface area contributed by atoms with E-state index >= 15 is 0 Å². The Morgan fingerprint density at radius 2 is 2.05 bits per heavy atom. The molecule has 2 aliphatic rings. The smallest absolute Gasteiger partial charge is 0.340 e. The van der Waals surface area contributed by atoms with Crippen molar-refractivity contribution in [3.05, 3.63) is 22.4 Å². The molecule has 102 valence electrons. The summed E-state index contributed by atoms with van der Waals surface area (Å²) in [6.07, 6.45) is 6.81. The number of halogens is 1. The van der Waals surface area contributed by atoms with Gasteiger partial charge >= 0.3 is 5.97 Å². The molecule has 0 amide bonds. The molecule has 4 nitrogen and oxygen atoms in total. The van der Waals surface area contributed by atoms with E-state index in [9.17, 15) is 4.79 Å². The monoisotopic (exact) mass is 324 g/mol. The second-order valence-electron chi connectivity index (χ2n) is 5.48. The maximum Gasteiger partial charge on any atom is 0.340 e. The third-order valence-electron chi connectivity index (χ3n) is 4.38. The topological polar surface area (TPSA) is 42.4 Å². The summed E-state index contributed by atoms with van der Waals surface area (Å²) in [7, 11) is 1.41. The summed E-state index contributed by atoms with van der Waals surface area (Å²) in [5.74, 6) is -0.301. The van der Waals surface area contributed by atoms with Gasteiger partial charge < -0.3 is 9.64 Å². The lowest BCUT2D eigenvalue weighted by atomic mass is 9.93. The van der Waals surface area contributed by atoms with E-state index in [2.05, 4.69) is 25.8 Å². The minimum Gasteiger partial charge on any atom is -0.465 e. The molecule has 2 heterocycles. The fraction of sp³-hybridized carbons (Fsp3) is 0.571. The summed E-state index contributed by atoms with van der Waals surface area (Å²) in [6, 6.07) is 1.73. The van der Waals surface area contributed by atoms with Crippen LogP contribution in [0.3, 0.4) is 0 Å². The van der Waals surface area contributed by atoms with E-state index in [4.69, 9.17) is 4.74 Å². The van der Waals surface area contributed by atoms with Crippen LogP contribution in [0.4, 0.5) is 5.69 Å². The highest BCUT2D eigenvalue weighted by Gasteiger charge is 2.44. The Bertz CT molecular complexity index is 504. The predicted octanol–water partition coefficient (Wildman–Crippen LogP) is 3.01. The molecule has 19 heavy (non-hydrogen) atoms. The molecule has 1 aliphatic carbocycles. The molecule has 1 saturated carbocycles. The lowest BCUT2D eigenvalue weighted by Gasteiger charge is -2.34. The van der Waals surface area contributed by atoms with Crippen LogP contribution < -0.4 is 4.90 Å². The van der Waals surface area contributed by atoms with Crippen LogP contribution in [0.2, 0.25) is 0 Å². The van der Waals surface area contributed by atoms with Gasteiger partial charge in [-0.2, -0.15) is 0 Å². The molecular formula is C14H17BrN2O2. The molecule has 2 fully saturated rings. The van der Waals surface area contributed by atoms with Crippen molar-refractivity contribution < 1.29 is 9.53 Å². The van der Waals surface area contributed by atoms with Crippen LogP contribution in [0.25, 0.3) is 0 Å². The molecule has 0 aromatic carbocycles. The number of carbonyl (C=O) groups excluding carboxylic acids is 1. The molecule has 5 heteroatoms. The van der Waals surface area contributed by atoms with Gasteiger partial charge in [0.2, 0.25) is 0 Å². The number of anilines is 1. The fourth-order valence-corrected chi connectivity index (χ4v) is 3.47. The number of hydrogen-bond acceptors (Lipinski definition) is 4. The standard InChI is InChI=1S/C14H17BrN2O2/c1-19-13(18)10-2-7-16-12(15)11(10)17-8-5-14(3-4-14)6-9-17/h2,7H,3-6,8-9H2,1H3. The van der Waals surface area contributed by atoms with Crippen molar-refractivity contribution in [1.29, 1.82) is 0 Å². The van der Waals surface area contributed by atoms with E-state index in [0.717, 1.165) is 23.4 Å². The Balaban J connectivity index is 1.88. The van der Waals surface area contributed by atoms with Gasteiger partial charge in [0.25, 0.3) is 0 Å². The van der Waals surface area contributed by atoms with E-state index in [1.165, 1.54) is 32.8 Å². The quantitative estimate of drug-likeness (QED) is 0.619. The third kappa shape index (κ3) is 2.36. The lowest BCUT2D eigenvalue weighted by Crippen LogP contribution is -2.35. The summed E-state index contributed by atoms with van der Waals surface area (Å²) in [5.41, 5.74) is 2.09. The molecule has 0 N–H and O–H groups in total. The van der Waals surface area contributed by atoms with Crippen LogP contribution in [0.5, 0.6) is 0 Å². The Morgan fingerprint density at radius 1 is 1.37 bits per heavy atom. The van der Waals surface area contributed by atoms with Crippen LogP contribution in [-0.2, 0) is 4.74 Å². The van der Waals surface area contributed by atoms with Crippen molar-refractivity contribution in [3.63, 3.8) is 0 Å². The second-order valence-corrected chi connectivity index (χ2v) is 6.23. The summed E-state index contributed by atoms with van der Waals surface area (Å²) in [4.78, 5) is 18.4. The average Bonchev–Trinajstić information content (AvgIpc) is 3.18. The van der Waals surface area contributed by atoms with E-state index < -0.39 is 0 Å². The van der Waals surface area contributed by atoms with Gasteiger partial charge in [-0.1, -0.05) is 0 Å². The highest BCUT2D eigenvalue weighted by atomic mass is 79.9. The van der Waals surface area contributed by atoms with E-state index in [1.807, 2.05) is 0 Å². The van der Waals surface area contributed by atoms with Crippen molar-refractivity contribution in [2.75, 3.05) is 25.1 Å². The SMILES string of the molecule is COC(=O)c1ccnc(Br)c1N1CCC2(CC1)CC2. The Morgan fingerprint density at radius 3 is 2.63 bits per heavy atom. The van der Waals surface area contributed by atoms with Gasteiger partial charge in [0.1, 0.15) is 4.60 Å². The highest BCUT2D eigenvalue weighted by molar-refractivity contribution is 9.10. The van der Waals surface area contributed by atoms with Crippen molar-refractivity contribution in [3.8, 4) is 0 Å². The summed E-state index contributed by atoms with van der Waals surface area (Å²) in [6.45, 7) is 1.99. The van der Waals surface area contributed by atoms with Gasteiger partial charge in [0, 0.05) is 19.3 Å². The van der Waals surface area contributed by atoms with Crippen LogP contribution in [0.15, 0.2) is 16.9 Å². The molecule has 1 saturated heterocycles. The van der Waals surface area contributed by atoms with Gasteiger partial charge in [0.05, 0.1) is 18.4 Å². The number of rotatable bonds is 2. The maximum atomic E-state index is 11.9. The van der Waals surface area contributed by atoms with Gasteiger partial charge in [-0.25, -0.2) is 9.78 Å². The van der Waals surface area contributed by atoms with Gasteiger partial charge in [-0.15, -0.1) is 0 Å². The Hall–Kier alpha value is -1.10. The molecule has 3 rings (SSSR count). The van der Waals surface area contributed by atoms with Crippen molar-refractivity contribution >= 4 is 27.6 Å².